The molecule has 0 aliphatic carbocycles. The van der Waals surface area contributed by atoms with Crippen LogP contribution in [0.1, 0.15) is 10.5 Å². The van der Waals surface area contributed by atoms with Crippen LogP contribution in [-0.4, -0.2) is 5.91 Å². The molecule has 23 heavy (non-hydrogen) atoms. The molecule has 2 aromatic carbocycles. The number of hydrogen-bond acceptors (Lipinski definition) is 3. The van der Waals surface area contributed by atoms with Gasteiger partial charge in [0.1, 0.15) is 0 Å². The highest BCUT2D eigenvalue weighted by Gasteiger charge is 2.19. The Kier molecular flexibility index (Phi) is 4.20. The van der Waals surface area contributed by atoms with E-state index in [4.69, 9.17) is 0 Å². The van der Waals surface area contributed by atoms with Crippen LogP contribution >= 0.6 is 0 Å². The molecule has 0 aliphatic rings. The van der Waals surface area contributed by atoms with Crippen LogP contribution in [0.2, 0.25) is 0 Å². The molecule has 0 unspecified atom stereocenters. The van der Waals surface area contributed by atoms with Gasteiger partial charge in [0.25, 0.3) is 5.69 Å². The number of carbonyl (C=O) groups is 1. The number of nitrogens with zero attached hydrogens (tertiary/aromatic N) is 2. The number of carbonyl (C=O) groups excluding carboxylic acids is 1. The van der Waals surface area contributed by atoms with E-state index in [0.29, 0.717) is 4.73 Å². The fourth-order valence-corrected chi connectivity index (χ4v) is 2.20. The highest BCUT2D eigenvalue weighted by molar-refractivity contribution is 5.93. The van der Waals surface area contributed by atoms with Crippen LogP contribution in [0.15, 0.2) is 85.1 Å². The molecule has 0 bridgehead atoms. The average Bonchev–Trinajstić information content (AvgIpc) is 2.61. The number of nitrogens with one attached hydrogen (secondary N) is 1. The Morgan fingerprint density at radius 2 is 1.35 bits per heavy atom. The summed E-state index contributed by atoms with van der Waals surface area (Å²) in [6.07, 6.45) is 1.30. The van der Waals surface area contributed by atoms with Crippen molar-refractivity contribution in [2.24, 2.45) is 0 Å². The molecule has 114 valence electrons. The molecule has 0 spiro atoms. The maximum atomic E-state index is 12.4. The summed E-state index contributed by atoms with van der Waals surface area (Å²) in [7, 11) is 0. The predicted molar refractivity (Wildman–Crippen MR) is 87.9 cm³/mol. The average molecular weight is 305 g/mol. The second-order valence-corrected chi connectivity index (χ2v) is 4.86. The van der Waals surface area contributed by atoms with Crippen LogP contribution in [0.25, 0.3) is 0 Å². The lowest BCUT2D eigenvalue weighted by atomic mass is 10.2. The number of hydrazine groups is 1. The first-order chi connectivity index (χ1) is 11.3. The van der Waals surface area contributed by atoms with Crippen LogP contribution < -0.4 is 15.2 Å². The molecule has 1 N–H and O–H groups in total. The van der Waals surface area contributed by atoms with E-state index in [0.717, 1.165) is 11.4 Å². The van der Waals surface area contributed by atoms with Crippen molar-refractivity contribution in [3.8, 4) is 0 Å². The van der Waals surface area contributed by atoms with Gasteiger partial charge in [-0.05, 0) is 30.3 Å². The van der Waals surface area contributed by atoms with Crippen LogP contribution in [0, 0.1) is 5.21 Å². The number of hydrogen-bond donors (Lipinski definition) is 1. The summed E-state index contributed by atoms with van der Waals surface area (Å²) in [5.74, 6) is -0.478. The van der Waals surface area contributed by atoms with Gasteiger partial charge < -0.3 is 5.21 Å². The Bertz CT molecular complexity index is 752. The van der Waals surface area contributed by atoms with Gasteiger partial charge >= 0.3 is 5.91 Å². The van der Waals surface area contributed by atoms with Gasteiger partial charge in [0.2, 0.25) is 0 Å². The fraction of sp³-hybridized carbons (Fsp3) is 0. The summed E-state index contributed by atoms with van der Waals surface area (Å²) in [5.41, 5.74) is 4.40. The number of benzene rings is 2. The van der Waals surface area contributed by atoms with Gasteiger partial charge in [-0.1, -0.05) is 36.4 Å². The highest BCUT2D eigenvalue weighted by Crippen LogP contribution is 2.22. The lowest BCUT2D eigenvalue weighted by Gasteiger charge is -2.24. The maximum Gasteiger partial charge on any atom is 0.336 e. The van der Waals surface area contributed by atoms with E-state index in [-0.39, 0.29) is 5.69 Å². The SMILES string of the molecule is O=C(NN(c1ccccc1)c1ccccc1)c1cccc[n+]1[O-]. The van der Waals surface area contributed by atoms with Gasteiger partial charge in [-0.2, -0.15) is 4.73 Å². The summed E-state index contributed by atoms with van der Waals surface area (Å²) in [5, 5.41) is 13.4. The van der Waals surface area contributed by atoms with Gasteiger partial charge in [0, 0.05) is 12.1 Å². The second-order valence-electron chi connectivity index (χ2n) is 4.86. The number of para-hydroxylation sites is 2. The molecule has 1 aromatic heterocycles. The van der Waals surface area contributed by atoms with Gasteiger partial charge in [-0.3, -0.25) is 15.2 Å². The first-order valence-corrected chi connectivity index (χ1v) is 7.15. The third kappa shape index (κ3) is 3.29. The zero-order valence-corrected chi connectivity index (χ0v) is 12.3. The standard InChI is InChI=1S/C18H15N3O2/c22-18(17-13-7-8-14-20(17)23)19-21(15-9-3-1-4-10-15)16-11-5-2-6-12-16/h1-14H,(H,19,22). The van der Waals surface area contributed by atoms with Gasteiger partial charge in [0.05, 0.1) is 11.4 Å². The molecular weight excluding hydrogens is 290 g/mol. The molecule has 5 nitrogen and oxygen atoms in total. The van der Waals surface area contributed by atoms with Crippen molar-refractivity contribution in [2.45, 2.75) is 0 Å². The van der Waals surface area contributed by atoms with E-state index in [1.54, 1.807) is 17.1 Å². The van der Waals surface area contributed by atoms with Crippen LogP contribution in [0.5, 0.6) is 0 Å². The minimum absolute atomic E-state index is 0.0318. The van der Waals surface area contributed by atoms with E-state index in [2.05, 4.69) is 5.43 Å². The molecule has 0 fully saturated rings. The number of anilines is 2. The van der Waals surface area contributed by atoms with Crippen molar-refractivity contribution < 1.29 is 9.52 Å². The number of aromatic nitrogens is 1. The lowest BCUT2D eigenvalue weighted by molar-refractivity contribution is -0.607. The molecule has 1 heterocycles. The Labute approximate surface area is 134 Å². The molecule has 5 heteroatoms. The van der Waals surface area contributed by atoms with E-state index in [1.165, 1.54) is 12.3 Å². The topological polar surface area (TPSA) is 59.3 Å². The number of amides is 1. The summed E-state index contributed by atoms with van der Waals surface area (Å²) in [4.78, 5) is 12.4. The van der Waals surface area contributed by atoms with Crippen LogP contribution in [0.4, 0.5) is 11.4 Å². The minimum Gasteiger partial charge on any atom is -0.618 e. The quantitative estimate of drug-likeness (QED) is 0.458. The molecule has 0 aliphatic heterocycles. The summed E-state index contributed by atoms with van der Waals surface area (Å²) < 4.78 is 0.545. The van der Waals surface area contributed by atoms with E-state index in [1.807, 2.05) is 60.7 Å². The first-order valence-electron chi connectivity index (χ1n) is 7.15. The van der Waals surface area contributed by atoms with Crippen molar-refractivity contribution in [2.75, 3.05) is 5.01 Å². The third-order valence-electron chi connectivity index (χ3n) is 3.30. The van der Waals surface area contributed by atoms with E-state index >= 15 is 0 Å². The fourth-order valence-electron chi connectivity index (χ4n) is 2.20. The Hall–Kier alpha value is -3.34. The van der Waals surface area contributed by atoms with Gasteiger partial charge in [0.15, 0.2) is 6.20 Å². The lowest BCUT2D eigenvalue weighted by Crippen LogP contribution is -2.45. The smallest absolute Gasteiger partial charge is 0.336 e. The molecule has 3 aromatic rings. The zero-order chi connectivity index (χ0) is 16.1. The van der Waals surface area contributed by atoms with Crippen LogP contribution in [0.3, 0.4) is 0 Å². The molecule has 1 amide bonds. The van der Waals surface area contributed by atoms with E-state index in [9.17, 15) is 10.0 Å². The molecular formula is C18H15N3O2. The predicted octanol–water partition coefficient (Wildman–Crippen LogP) is 2.80. The molecule has 0 saturated carbocycles. The maximum absolute atomic E-state index is 12.4. The summed E-state index contributed by atoms with van der Waals surface area (Å²) in [6.45, 7) is 0. The second kappa shape index (κ2) is 6.62. The van der Waals surface area contributed by atoms with Crippen molar-refractivity contribution in [3.63, 3.8) is 0 Å². The minimum atomic E-state index is -0.478. The van der Waals surface area contributed by atoms with Crippen molar-refractivity contribution >= 4 is 17.3 Å². The molecule has 3 rings (SSSR count). The number of pyridine rings is 1. The summed E-state index contributed by atoms with van der Waals surface area (Å²) >= 11 is 0. The highest BCUT2D eigenvalue weighted by atomic mass is 16.5. The normalized spacial score (nSPS) is 10.1. The summed E-state index contributed by atoms with van der Waals surface area (Å²) in [6, 6.07) is 23.6. The largest absolute Gasteiger partial charge is 0.618 e. The van der Waals surface area contributed by atoms with Crippen molar-refractivity contribution in [3.05, 3.63) is 96.0 Å². The molecule has 0 radical (unpaired) electrons. The Morgan fingerprint density at radius 3 is 1.87 bits per heavy atom. The van der Waals surface area contributed by atoms with Crippen molar-refractivity contribution in [1.29, 1.82) is 0 Å². The Morgan fingerprint density at radius 1 is 0.826 bits per heavy atom. The van der Waals surface area contributed by atoms with Gasteiger partial charge in [-0.15, -0.1) is 0 Å². The zero-order valence-electron chi connectivity index (χ0n) is 12.3. The monoisotopic (exact) mass is 305 g/mol. The Balaban J connectivity index is 1.94. The van der Waals surface area contributed by atoms with E-state index < -0.39 is 5.91 Å². The number of rotatable bonds is 4. The third-order valence-corrected chi connectivity index (χ3v) is 3.30. The first kappa shape index (κ1) is 14.6. The van der Waals surface area contributed by atoms with Gasteiger partial charge in [-0.25, -0.2) is 0 Å². The molecule has 0 atom stereocenters. The van der Waals surface area contributed by atoms with Crippen LogP contribution in [-0.2, 0) is 0 Å². The van der Waals surface area contributed by atoms with Crippen molar-refractivity contribution in [1.82, 2.24) is 5.43 Å². The molecule has 0 saturated heterocycles.